The van der Waals surface area contributed by atoms with Crippen LogP contribution in [0.1, 0.15) is 26.2 Å². The van der Waals surface area contributed by atoms with Crippen molar-refractivity contribution in [2.75, 3.05) is 0 Å². The first-order valence-electron chi connectivity index (χ1n) is 3.91. The molecule has 49 valence electrons. The van der Waals surface area contributed by atoms with Crippen LogP contribution in [-0.2, 0) is 0 Å². The monoisotopic (exact) mass is 121 g/mol. The van der Waals surface area contributed by atoms with Crippen molar-refractivity contribution in [3.8, 4) is 0 Å². The van der Waals surface area contributed by atoms with Gasteiger partial charge < -0.3 is 0 Å². The van der Waals surface area contributed by atoms with Crippen LogP contribution in [0.2, 0.25) is 0 Å². The summed E-state index contributed by atoms with van der Waals surface area (Å²) in [6.45, 7) is 2.16. The molecule has 1 radical (unpaired) electrons. The Morgan fingerprint density at radius 3 is 2.78 bits per heavy atom. The van der Waals surface area contributed by atoms with Gasteiger partial charge in [0.2, 0.25) is 0 Å². The third-order valence-corrected chi connectivity index (χ3v) is 2.71. The van der Waals surface area contributed by atoms with Crippen LogP contribution in [0, 0.1) is 18.3 Å². The topological polar surface area (TPSA) is 0 Å². The molecule has 2 rings (SSSR count). The smallest absolute Gasteiger partial charge is 0.0104 e. The molecule has 0 heterocycles. The Morgan fingerprint density at radius 2 is 2.44 bits per heavy atom. The fourth-order valence-corrected chi connectivity index (χ4v) is 2.21. The summed E-state index contributed by atoms with van der Waals surface area (Å²) in [4.78, 5) is 0. The zero-order valence-corrected chi connectivity index (χ0v) is 5.93. The summed E-state index contributed by atoms with van der Waals surface area (Å²) in [5, 5.41) is 0. The van der Waals surface area contributed by atoms with Crippen LogP contribution >= 0.6 is 0 Å². The zero-order chi connectivity index (χ0) is 6.27. The predicted octanol–water partition coefficient (Wildman–Crippen LogP) is 2.57. The Hall–Kier alpha value is -0.260. The van der Waals surface area contributed by atoms with Crippen molar-refractivity contribution in [1.82, 2.24) is 0 Å². The summed E-state index contributed by atoms with van der Waals surface area (Å²) in [7, 11) is 0. The van der Waals surface area contributed by atoms with Crippen LogP contribution < -0.4 is 0 Å². The van der Waals surface area contributed by atoms with Crippen LogP contribution in [0.15, 0.2) is 11.6 Å². The molecule has 0 amide bonds. The maximum atomic E-state index is 2.47. The van der Waals surface area contributed by atoms with E-state index in [0.717, 1.165) is 11.8 Å². The van der Waals surface area contributed by atoms with Gasteiger partial charge in [-0.05, 0) is 44.4 Å². The van der Waals surface area contributed by atoms with Gasteiger partial charge in [0.25, 0.3) is 0 Å². The minimum atomic E-state index is 0.958. The van der Waals surface area contributed by atoms with Crippen molar-refractivity contribution >= 4 is 0 Å². The molecule has 0 heteroatoms. The van der Waals surface area contributed by atoms with Crippen LogP contribution in [0.3, 0.4) is 0 Å². The maximum absolute atomic E-state index is 2.47. The van der Waals surface area contributed by atoms with E-state index in [2.05, 4.69) is 19.4 Å². The van der Waals surface area contributed by atoms with E-state index in [-0.39, 0.29) is 0 Å². The molecule has 2 atom stereocenters. The number of hydrogen-bond acceptors (Lipinski definition) is 0. The van der Waals surface area contributed by atoms with Crippen molar-refractivity contribution < 1.29 is 0 Å². The molecule has 0 N–H and O–H groups in total. The van der Waals surface area contributed by atoms with Gasteiger partial charge in [0.15, 0.2) is 0 Å². The van der Waals surface area contributed by atoms with Crippen LogP contribution in [0.5, 0.6) is 0 Å². The van der Waals surface area contributed by atoms with Gasteiger partial charge >= 0.3 is 0 Å². The molecule has 2 aliphatic rings. The third-order valence-electron chi connectivity index (χ3n) is 2.71. The molecule has 2 bridgehead atoms. The molecule has 2 fully saturated rings. The molecule has 2 aliphatic carbocycles. The van der Waals surface area contributed by atoms with Gasteiger partial charge in [-0.25, -0.2) is 0 Å². The third kappa shape index (κ3) is 0.726. The first-order valence-corrected chi connectivity index (χ1v) is 3.91. The minimum absolute atomic E-state index is 0.958. The van der Waals surface area contributed by atoms with Gasteiger partial charge in [0, 0.05) is 0 Å². The van der Waals surface area contributed by atoms with E-state index in [1.807, 2.05) is 0 Å². The molecule has 0 saturated heterocycles. The van der Waals surface area contributed by atoms with Gasteiger partial charge in [0.05, 0.1) is 0 Å². The molecule has 9 heavy (non-hydrogen) atoms. The lowest BCUT2D eigenvalue weighted by molar-refractivity contribution is 0.649. The van der Waals surface area contributed by atoms with E-state index in [1.165, 1.54) is 19.3 Å². The van der Waals surface area contributed by atoms with E-state index >= 15 is 0 Å². The Morgan fingerprint density at radius 1 is 1.56 bits per heavy atom. The van der Waals surface area contributed by atoms with Crippen molar-refractivity contribution in [2.45, 2.75) is 26.2 Å². The average Bonchev–Trinajstić information content (AvgIpc) is 2.45. The summed E-state index contributed by atoms with van der Waals surface area (Å²) in [6, 6.07) is 0. The normalized spacial score (nSPS) is 44.8. The highest BCUT2D eigenvalue weighted by Gasteiger charge is 2.34. The van der Waals surface area contributed by atoms with Crippen LogP contribution in [0.4, 0.5) is 0 Å². The Labute approximate surface area is 57.0 Å². The largest absolute Gasteiger partial charge is 0.0879 e. The van der Waals surface area contributed by atoms with Gasteiger partial charge in [0.1, 0.15) is 0 Å². The van der Waals surface area contributed by atoms with Crippen molar-refractivity contribution in [3.63, 3.8) is 0 Å². The Bertz CT molecular complexity index is 144. The molecule has 0 aromatic carbocycles. The highest BCUT2D eigenvalue weighted by Crippen LogP contribution is 2.46. The molecular formula is C9H13. The van der Waals surface area contributed by atoms with E-state index in [1.54, 1.807) is 5.57 Å². The lowest BCUT2D eigenvalue weighted by atomic mass is 9.95. The molecule has 0 aromatic rings. The first-order chi connectivity index (χ1) is 4.40. The molecule has 2 unspecified atom stereocenters. The molecule has 0 spiro atoms. The minimum Gasteiger partial charge on any atom is -0.0879 e. The number of allylic oxidation sites excluding steroid dienone is 2. The summed E-state index contributed by atoms with van der Waals surface area (Å²) in [5.41, 5.74) is 1.63. The number of fused-ring (bicyclic) bond motifs is 2. The molecule has 0 aromatic heterocycles. The lowest BCUT2D eigenvalue weighted by Gasteiger charge is -2.10. The van der Waals surface area contributed by atoms with E-state index in [0.29, 0.717) is 0 Å². The maximum Gasteiger partial charge on any atom is -0.0104 e. The van der Waals surface area contributed by atoms with Gasteiger partial charge in [-0.3, -0.25) is 0 Å². The molecule has 2 saturated carbocycles. The highest BCUT2D eigenvalue weighted by molar-refractivity contribution is 5.26. The van der Waals surface area contributed by atoms with Gasteiger partial charge in [-0.1, -0.05) is 11.6 Å². The fraction of sp³-hybridized carbons (Fsp3) is 0.667. The van der Waals surface area contributed by atoms with Crippen molar-refractivity contribution in [1.29, 1.82) is 0 Å². The second kappa shape index (κ2) is 1.86. The molecule has 0 nitrogen and oxygen atoms in total. The zero-order valence-electron chi connectivity index (χ0n) is 5.93. The van der Waals surface area contributed by atoms with E-state index in [4.69, 9.17) is 0 Å². The lowest BCUT2D eigenvalue weighted by Crippen LogP contribution is -1.97. The number of hydrogen-bond donors (Lipinski definition) is 0. The van der Waals surface area contributed by atoms with Crippen LogP contribution in [0.25, 0.3) is 0 Å². The fourth-order valence-electron chi connectivity index (χ4n) is 2.21. The summed E-state index contributed by atoms with van der Waals surface area (Å²) < 4.78 is 0. The summed E-state index contributed by atoms with van der Waals surface area (Å²) in [5.74, 6) is 1.92. The SMILES string of the molecule is CC=C1[CH]C2CCC1C2. The van der Waals surface area contributed by atoms with Gasteiger partial charge in [-0.15, -0.1) is 0 Å². The predicted molar refractivity (Wildman–Crippen MR) is 38.9 cm³/mol. The summed E-state index contributed by atoms with van der Waals surface area (Å²) in [6.07, 6.45) is 9.13. The second-order valence-electron chi connectivity index (χ2n) is 3.23. The first kappa shape index (κ1) is 5.52. The Kier molecular flexibility index (Phi) is 1.14. The molecule has 0 aliphatic heterocycles. The summed E-state index contributed by atoms with van der Waals surface area (Å²) >= 11 is 0. The van der Waals surface area contributed by atoms with Crippen LogP contribution in [-0.4, -0.2) is 0 Å². The second-order valence-corrected chi connectivity index (χ2v) is 3.23. The quantitative estimate of drug-likeness (QED) is 0.462. The Balaban J connectivity index is 2.18. The van der Waals surface area contributed by atoms with Gasteiger partial charge in [-0.2, -0.15) is 0 Å². The van der Waals surface area contributed by atoms with Crippen molar-refractivity contribution in [2.24, 2.45) is 11.8 Å². The average molecular weight is 121 g/mol. The molecular weight excluding hydrogens is 108 g/mol. The number of rotatable bonds is 0. The highest BCUT2D eigenvalue weighted by atomic mass is 14.4. The van der Waals surface area contributed by atoms with E-state index < -0.39 is 0 Å². The van der Waals surface area contributed by atoms with E-state index in [9.17, 15) is 0 Å². The standard InChI is InChI=1S/C9H13/c1-2-8-5-7-3-4-9(8)6-7/h2,5,7,9H,3-4,6H2,1H3. The van der Waals surface area contributed by atoms with Crippen molar-refractivity contribution in [3.05, 3.63) is 18.1 Å².